The van der Waals surface area contributed by atoms with Gasteiger partial charge in [0.25, 0.3) is 0 Å². The summed E-state index contributed by atoms with van der Waals surface area (Å²) in [5.74, 6) is 0.715. The third-order valence-electron chi connectivity index (χ3n) is 2.98. The van der Waals surface area contributed by atoms with E-state index in [1.54, 1.807) is 18.2 Å². The first-order chi connectivity index (χ1) is 9.60. The summed E-state index contributed by atoms with van der Waals surface area (Å²) in [5, 5.41) is 3.94. The molecule has 0 fully saturated rings. The minimum Gasteiger partial charge on any atom is -0.457 e. The van der Waals surface area contributed by atoms with Crippen LogP contribution in [0.5, 0.6) is 11.5 Å². The predicted molar refractivity (Wildman–Crippen MR) is 80.0 cm³/mol. The van der Waals surface area contributed by atoms with E-state index in [-0.39, 0.29) is 11.9 Å². The van der Waals surface area contributed by atoms with E-state index in [4.69, 9.17) is 16.3 Å². The standard InChI is InChI=1S/C16H17ClFNO/c1-3-19-11(2)15-8-7-14(10-16(15)17)20-13-6-4-5-12(18)9-13/h4-11,19H,3H2,1-2H3. The third kappa shape index (κ3) is 3.71. The van der Waals surface area contributed by atoms with Crippen LogP contribution in [-0.2, 0) is 0 Å². The van der Waals surface area contributed by atoms with Crippen LogP contribution in [0.25, 0.3) is 0 Å². The first-order valence-electron chi connectivity index (χ1n) is 6.56. The van der Waals surface area contributed by atoms with Crippen molar-refractivity contribution in [3.8, 4) is 11.5 Å². The molecule has 0 aliphatic heterocycles. The summed E-state index contributed by atoms with van der Waals surface area (Å²) >= 11 is 6.26. The highest BCUT2D eigenvalue weighted by atomic mass is 35.5. The van der Waals surface area contributed by atoms with Crippen molar-refractivity contribution in [2.75, 3.05) is 6.54 Å². The highest BCUT2D eigenvalue weighted by Crippen LogP contribution is 2.30. The van der Waals surface area contributed by atoms with Crippen LogP contribution in [0.4, 0.5) is 4.39 Å². The Bertz CT molecular complexity index is 588. The quantitative estimate of drug-likeness (QED) is 0.843. The zero-order valence-corrected chi connectivity index (χ0v) is 12.2. The SMILES string of the molecule is CCNC(C)c1ccc(Oc2cccc(F)c2)cc1Cl. The van der Waals surface area contributed by atoms with E-state index in [1.165, 1.54) is 12.1 Å². The summed E-state index contributed by atoms with van der Waals surface area (Å²) < 4.78 is 18.7. The Labute approximate surface area is 123 Å². The summed E-state index contributed by atoms with van der Waals surface area (Å²) in [6, 6.07) is 11.7. The normalized spacial score (nSPS) is 12.2. The molecular weight excluding hydrogens is 277 g/mol. The molecule has 4 heteroatoms. The fraction of sp³-hybridized carbons (Fsp3) is 0.250. The number of nitrogens with one attached hydrogen (secondary N) is 1. The van der Waals surface area contributed by atoms with Crippen molar-refractivity contribution in [3.63, 3.8) is 0 Å². The zero-order chi connectivity index (χ0) is 14.5. The van der Waals surface area contributed by atoms with Gasteiger partial charge in [-0.3, -0.25) is 0 Å². The van der Waals surface area contributed by atoms with Gasteiger partial charge in [-0.1, -0.05) is 30.7 Å². The van der Waals surface area contributed by atoms with Gasteiger partial charge in [0.05, 0.1) is 0 Å². The topological polar surface area (TPSA) is 21.3 Å². The van der Waals surface area contributed by atoms with Gasteiger partial charge in [-0.2, -0.15) is 0 Å². The first-order valence-corrected chi connectivity index (χ1v) is 6.94. The van der Waals surface area contributed by atoms with Gasteiger partial charge in [-0.25, -0.2) is 4.39 Å². The summed E-state index contributed by atoms with van der Waals surface area (Å²) in [4.78, 5) is 0. The van der Waals surface area contributed by atoms with Crippen LogP contribution in [0.2, 0.25) is 5.02 Å². The molecule has 2 nitrogen and oxygen atoms in total. The number of hydrogen-bond acceptors (Lipinski definition) is 2. The second-order valence-electron chi connectivity index (χ2n) is 4.52. The Kier molecular flexibility index (Phi) is 4.99. The van der Waals surface area contributed by atoms with Crippen molar-refractivity contribution in [2.24, 2.45) is 0 Å². The maximum Gasteiger partial charge on any atom is 0.130 e. The molecule has 0 aromatic heterocycles. The minimum atomic E-state index is -0.328. The minimum absolute atomic E-state index is 0.177. The Morgan fingerprint density at radius 3 is 2.60 bits per heavy atom. The number of rotatable bonds is 5. The van der Waals surface area contributed by atoms with E-state index < -0.39 is 0 Å². The Morgan fingerprint density at radius 2 is 1.95 bits per heavy atom. The molecule has 0 bridgehead atoms. The molecule has 0 aliphatic rings. The molecule has 1 N–H and O–H groups in total. The van der Waals surface area contributed by atoms with Gasteiger partial charge < -0.3 is 10.1 Å². The molecule has 0 saturated heterocycles. The zero-order valence-electron chi connectivity index (χ0n) is 11.5. The van der Waals surface area contributed by atoms with Gasteiger partial charge >= 0.3 is 0 Å². The summed E-state index contributed by atoms with van der Waals surface area (Å²) in [6.45, 7) is 4.97. The molecule has 1 atom stereocenters. The van der Waals surface area contributed by atoms with Crippen LogP contribution in [0.3, 0.4) is 0 Å². The molecular formula is C16H17ClFNO. The van der Waals surface area contributed by atoms with E-state index in [9.17, 15) is 4.39 Å². The third-order valence-corrected chi connectivity index (χ3v) is 3.31. The van der Waals surface area contributed by atoms with Crippen molar-refractivity contribution in [1.82, 2.24) is 5.32 Å². The van der Waals surface area contributed by atoms with E-state index >= 15 is 0 Å². The highest BCUT2D eigenvalue weighted by molar-refractivity contribution is 6.31. The molecule has 2 aromatic carbocycles. The van der Waals surface area contributed by atoms with Crippen molar-refractivity contribution >= 4 is 11.6 Å². The fourth-order valence-corrected chi connectivity index (χ4v) is 2.34. The van der Waals surface area contributed by atoms with Gasteiger partial charge in [0.1, 0.15) is 17.3 Å². The predicted octanol–water partition coefficient (Wildman–Crippen LogP) is 4.94. The summed E-state index contributed by atoms with van der Waals surface area (Å²) in [5.41, 5.74) is 1.01. The van der Waals surface area contributed by atoms with Gasteiger partial charge in [0.2, 0.25) is 0 Å². The maximum atomic E-state index is 13.1. The number of ether oxygens (including phenoxy) is 1. The fourth-order valence-electron chi connectivity index (χ4n) is 2.01. The number of halogens is 2. The lowest BCUT2D eigenvalue weighted by Crippen LogP contribution is -2.17. The maximum absolute atomic E-state index is 13.1. The van der Waals surface area contributed by atoms with Crippen LogP contribution in [0.1, 0.15) is 25.5 Å². The van der Waals surface area contributed by atoms with Crippen LogP contribution >= 0.6 is 11.6 Å². The monoisotopic (exact) mass is 293 g/mol. The molecule has 0 spiro atoms. The lowest BCUT2D eigenvalue weighted by Gasteiger charge is -2.15. The molecule has 106 valence electrons. The van der Waals surface area contributed by atoms with Gasteiger partial charge in [0.15, 0.2) is 0 Å². The van der Waals surface area contributed by atoms with Crippen molar-refractivity contribution in [2.45, 2.75) is 19.9 Å². The van der Waals surface area contributed by atoms with Gasteiger partial charge in [0, 0.05) is 17.1 Å². The van der Waals surface area contributed by atoms with E-state index in [0.717, 1.165) is 12.1 Å². The molecule has 0 aliphatic carbocycles. The lowest BCUT2D eigenvalue weighted by molar-refractivity contribution is 0.476. The van der Waals surface area contributed by atoms with Gasteiger partial charge in [-0.15, -0.1) is 0 Å². The van der Waals surface area contributed by atoms with E-state index in [1.807, 2.05) is 19.1 Å². The second-order valence-corrected chi connectivity index (χ2v) is 4.93. The Balaban J connectivity index is 2.17. The molecule has 0 amide bonds. The van der Waals surface area contributed by atoms with Crippen molar-refractivity contribution in [3.05, 3.63) is 58.9 Å². The largest absolute Gasteiger partial charge is 0.457 e. The van der Waals surface area contributed by atoms with E-state index in [2.05, 4.69) is 12.2 Å². The Hall–Kier alpha value is -1.58. The summed E-state index contributed by atoms with van der Waals surface area (Å²) in [7, 11) is 0. The van der Waals surface area contributed by atoms with Crippen molar-refractivity contribution < 1.29 is 9.13 Å². The molecule has 1 unspecified atom stereocenters. The van der Waals surface area contributed by atoms with Crippen LogP contribution in [-0.4, -0.2) is 6.54 Å². The average molecular weight is 294 g/mol. The molecule has 0 saturated carbocycles. The van der Waals surface area contributed by atoms with E-state index in [0.29, 0.717) is 16.5 Å². The number of benzene rings is 2. The average Bonchev–Trinajstić information content (AvgIpc) is 2.39. The molecule has 20 heavy (non-hydrogen) atoms. The molecule has 0 radical (unpaired) electrons. The second kappa shape index (κ2) is 6.73. The first kappa shape index (κ1) is 14.8. The Morgan fingerprint density at radius 1 is 1.20 bits per heavy atom. The van der Waals surface area contributed by atoms with Crippen LogP contribution in [0.15, 0.2) is 42.5 Å². The smallest absolute Gasteiger partial charge is 0.130 e. The lowest BCUT2D eigenvalue weighted by atomic mass is 10.1. The molecule has 0 heterocycles. The van der Waals surface area contributed by atoms with Crippen LogP contribution < -0.4 is 10.1 Å². The van der Waals surface area contributed by atoms with Gasteiger partial charge in [-0.05, 0) is 43.3 Å². The molecule has 2 aromatic rings. The van der Waals surface area contributed by atoms with Crippen molar-refractivity contribution in [1.29, 1.82) is 0 Å². The summed E-state index contributed by atoms with van der Waals surface area (Å²) in [6.07, 6.45) is 0. The highest BCUT2D eigenvalue weighted by Gasteiger charge is 2.10. The van der Waals surface area contributed by atoms with Crippen LogP contribution in [0, 0.1) is 5.82 Å². The molecule has 2 rings (SSSR count). The number of hydrogen-bond donors (Lipinski definition) is 1.